The van der Waals surface area contributed by atoms with Crippen molar-refractivity contribution >= 4 is 35.5 Å². The third-order valence-electron chi connectivity index (χ3n) is 5.70. The second kappa shape index (κ2) is 14.8. The van der Waals surface area contributed by atoms with E-state index in [4.69, 9.17) is 17.2 Å². The number of carbonyl (C=O) groups excluding carboxylic acids is 5. The average Bonchev–Trinajstić information content (AvgIpc) is 2.88. The Morgan fingerprint density at radius 1 is 0.650 bits per heavy atom. The molecule has 0 spiro atoms. The summed E-state index contributed by atoms with van der Waals surface area (Å²) in [5.41, 5.74) is 17.6. The number of carboxylic acid groups (broad SMARTS) is 1. The first-order valence-electron chi connectivity index (χ1n) is 12.1. The van der Waals surface area contributed by atoms with Gasteiger partial charge in [0.1, 0.15) is 23.9 Å². The molecule has 0 fully saturated rings. The highest BCUT2D eigenvalue weighted by molar-refractivity contribution is 5.96. The van der Waals surface area contributed by atoms with Gasteiger partial charge in [-0.25, -0.2) is 4.79 Å². The van der Waals surface area contributed by atoms with Crippen LogP contribution in [0.25, 0.3) is 0 Å². The number of nitrogens with one attached hydrogen (secondary N) is 3. The second-order valence-corrected chi connectivity index (χ2v) is 9.03. The zero-order valence-electron chi connectivity index (χ0n) is 21.4. The van der Waals surface area contributed by atoms with E-state index in [1.54, 1.807) is 30.3 Å². The molecule has 11 N–H and O–H groups in total. The third kappa shape index (κ3) is 10.4. The van der Waals surface area contributed by atoms with E-state index in [-0.39, 0.29) is 18.6 Å². The van der Waals surface area contributed by atoms with Crippen LogP contribution in [0, 0.1) is 0 Å². The van der Waals surface area contributed by atoms with E-state index < -0.39 is 72.5 Å². The lowest BCUT2D eigenvalue weighted by molar-refractivity contribution is -0.144. The molecule has 0 radical (unpaired) electrons. The van der Waals surface area contributed by atoms with Gasteiger partial charge >= 0.3 is 5.97 Å². The lowest BCUT2D eigenvalue weighted by Crippen LogP contribution is -2.58. The van der Waals surface area contributed by atoms with Crippen LogP contribution in [0.15, 0.2) is 54.6 Å². The number of hydrogen-bond acceptors (Lipinski definition) is 8. The molecule has 0 saturated carbocycles. The second-order valence-electron chi connectivity index (χ2n) is 9.03. The summed E-state index contributed by atoms with van der Waals surface area (Å²) < 4.78 is 0. The Morgan fingerprint density at radius 2 is 1.12 bits per heavy atom. The lowest BCUT2D eigenvalue weighted by Gasteiger charge is -2.25. The van der Waals surface area contributed by atoms with E-state index in [9.17, 15) is 39.0 Å². The van der Waals surface area contributed by atoms with Gasteiger partial charge in [0.25, 0.3) is 0 Å². The molecular formula is C26H32N6O8. The summed E-state index contributed by atoms with van der Waals surface area (Å²) in [7, 11) is 0. The van der Waals surface area contributed by atoms with Crippen molar-refractivity contribution in [2.75, 3.05) is 0 Å². The van der Waals surface area contributed by atoms with Crippen molar-refractivity contribution in [2.45, 2.75) is 49.9 Å². The van der Waals surface area contributed by atoms with Crippen molar-refractivity contribution in [3.63, 3.8) is 0 Å². The van der Waals surface area contributed by atoms with Crippen molar-refractivity contribution in [3.8, 4) is 5.75 Å². The Balaban J connectivity index is 2.24. The molecule has 2 rings (SSSR count). The van der Waals surface area contributed by atoms with Crippen LogP contribution in [0.3, 0.4) is 0 Å². The zero-order chi connectivity index (χ0) is 29.8. The predicted molar refractivity (Wildman–Crippen MR) is 141 cm³/mol. The number of rotatable bonds is 15. The largest absolute Gasteiger partial charge is 0.508 e. The number of carbonyl (C=O) groups is 6. The van der Waals surface area contributed by atoms with Gasteiger partial charge in [0, 0.05) is 6.42 Å². The monoisotopic (exact) mass is 556 g/mol. The molecule has 2 aromatic rings. The van der Waals surface area contributed by atoms with E-state index in [1.807, 2.05) is 5.32 Å². The maximum absolute atomic E-state index is 13.3. The lowest BCUT2D eigenvalue weighted by atomic mass is 10.0. The quantitative estimate of drug-likeness (QED) is 0.118. The molecule has 5 amide bonds. The van der Waals surface area contributed by atoms with Gasteiger partial charge in [-0.3, -0.25) is 24.0 Å². The minimum absolute atomic E-state index is 0.0270. The summed E-state index contributed by atoms with van der Waals surface area (Å²) in [6.45, 7) is 0. The highest BCUT2D eigenvalue weighted by Gasteiger charge is 2.32. The van der Waals surface area contributed by atoms with Crippen LogP contribution in [0.1, 0.15) is 24.0 Å². The fraction of sp³-hybridized carbons (Fsp3) is 0.308. The first-order valence-corrected chi connectivity index (χ1v) is 12.1. The number of carboxylic acids is 1. The summed E-state index contributed by atoms with van der Waals surface area (Å²) in [6, 6.07) is 9.01. The highest BCUT2D eigenvalue weighted by atomic mass is 16.4. The molecule has 40 heavy (non-hydrogen) atoms. The van der Waals surface area contributed by atoms with Gasteiger partial charge in [0.15, 0.2) is 0 Å². The number of benzene rings is 2. The molecule has 0 aromatic heterocycles. The van der Waals surface area contributed by atoms with E-state index in [2.05, 4.69) is 10.6 Å². The first-order chi connectivity index (χ1) is 18.8. The molecule has 0 aliphatic rings. The number of aliphatic carboxylic acids is 1. The molecule has 0 heterocycles. The van der Waals surface area contributed by atoms with Crippen LogP contribution >= 0.6 is 0 Å². The summed E-state index contributed by atoms with van der Waals surface area (Å²) in [6.07, 6.45) is -1.38. The van der Waals surface area contributed by atoms with Gasteiger partial charge in [-0.2, -0.15) is 0 Å². The maximum atomic E-state index is 13.3. The van der Waals surface area contributed by atoms with Gasteiger partial charge in [0.05, 0.1) is 18.9 Å². The van der Waals surface area contributed by atoms with Crippen molar-refractivity contribution in [2.24, 2.45) is 17.2 Å². The van der Waals surface area contributed by atoms with Crippen molar-refractivity contribution in [1.29, 1.82) is 0 Å². The van der Waals surface area contributed by atoms with Crippen LogP contribution in [0.4, 0.5) is 0 Å². The number of phenols is 1. The van der Waals surface area contributed by atoms with Crippen molar-refractivity contribution in [3.05, 3.63) is 65.7 Å². The van der Waals surface area contributed by atoms with Gasteiger partial charge < -0.3 is 43.4 Å². The topological polar surface area (TPSA) is 257 Å². The number of hydrogen-bond donors (Lipinski definition) is 8. The molecule has 2 aromatic carbocycles. The molecule has 214 valence electrons. The molecule has 14 nitrogen and oxygen atoms in total. The SMILES string of the molecule is NC(=O)CC(NC(=O)C(CC(N)=O)NC(=O)C(Cc1ccc(O)cc1)NC(=O)C(N)Cc1ccccc1)C(=O)O. The summed E-state index contributed by atoms with van der Waals surface area (Å²) in [4.78, 5) is 73.2. The van der Waals surface area contributed by atoms with E-state index in [1.165, 1.54) is 24.3 Å². The normalized spacial score (nSPS) is 13.6. The smallest absolute Gasteiger partial charge is 0.326 e. The number of nitrogens with two attached hydrogens (primary N) is 3. The molecule has 0 bridgehead atoms. The molecular weight excluding hydrogens is 524 g/mol. The first kappa shape index (κ1) is 31.2. The number of amides is 5. The Kier molecular flexibility index (Phi) is 11.6. The Hall–Kier alpha value is -4.98. The van der Waals surface area contributed by atoms with Gasteiger partial charge in [-0.05, 0) is 29.7 Å². The predicted octanol–water partition coefficient (Wildman–Crippen LogP) is -2.21. The van der Waals surface area contributed by atoms with Gasteiger partial charge in [-0.15, -0.1) is 0 Å². The fourth-order valence-corrected chi connectivity index (χ4v) is 3.67. The standard InChI is InChI=1S/C26H32N6O8/c27-17(10-14-4-2-1-3-5-14)23(36)30-18(11-15-6-8-16(33)9-7-15)24(37)31-19(12-21(28)34)25(38)32-20(26(39)40)13-22(29)35/h1-9,17-20,33H,10-13,27H2,(H2,28,34)(H2,29,35)(H,30,36)(H,31,37)(H,32,38)(H,39,40). The minimum Gasteiger partial charge on any atom is -0.508 e. The molecule has 4 atom stereocenters. The molecule has 0 aliphatic heterocycles. The van der Waals surface area contributed by atoms with Crippen molar-refractivity contribution in [1.82, 2.24) is 16.0 Å². The van der Waals surface area contributed by atoms with E-state index in [0.29, 0.717) is 5.56 Å². The van der Waals surface area contributed by atoms with Gasteiger partial charge in [-0.1, -0.05) is 42.5 Å². The molecule has 0 aliphatic carbocycles. The fourth-order valence-electron chi connectivity index (χ4n) is 3.67. The van der Waals surface area contributed by atoms with Gasteiger partial charge in [0.2, 0.25) is 29.5 Å². The maximum Gasteiger partial charge on any atom is 0.326 e. The van der Waals surface area contributed by atoms with Crippen molar-refractivity contribution < 1.29 is 39.0 Å². The van der Waals surface area contributed by atoms with Crippen LogP contribution in [-0.4, -0.2) is 69.9 Å². The van der Waals surface area contributed by atoms with E-state index >= 15 is 0 Å². The zero-order valence-corrected chi connectivity index (χ0v) is 21.4. The van der Waals surface area contributed by atoms with E-state index in [0.717, 1.165) is 5.56 Å². The summed E-state index contributed by atoms with van der Waals surface area (Å²) in [5.74, 6) is -6.29. The number of aromatic hydroxyl groups is 1. The molecule has 0 saturated heterocycles. The molecule has 14 heteroatoms. The molecule has 4 unspecified atom stereocenters. The van der Waals surface area contributed by atoms with Crippen LogP contribution in [-0.2, 0) is 41.6 Å². The van der Waals surface area contributed by atoms with Crippen LogP contribution < -0.4 is 33.2 Å². The Bertz CT molecular complexity index is 1220. The minimum atomic E-state index is -1.72. The number of phenolic OH excluding ortho intramolecular Hbond substituents is 1. The number of primary amides is 2. The Morgan fingerprint density at radius 3 is 1.68 bits per heavy atom. The average molecular weight is 557 g/mol. The van der Waals surface area contributed by atoms with Crippen LogP contribution in [0.5, 0.6) is 5.75 Å². The van der Waals surface area contributed by atoms with Crippen LogP contribution in [0.2, 0.25) is 0 Å². The Labute approximate surface area is 229 Å². The summed E-state index contributed by atoms with van der Waals surface area (Å²) in [5, 5.41) is 25.7. The third-order valence-corrected chi connectivity index (χ3v) is 5.70. The summed E-state index contributed by atoms with van der Waals surface area (Å²) >= 11 is 0. The highest BCUT2D eigenvalue weighted by Crippen LogP contribution is 2.12.